The molecule has 2 aromatic rings. The number of halogens is 2. The summed E-state index contributed by atoms with van der Waals surface area (Å²) in [7, 11) is 0. The zero-order chi connectivity index (χ0) is 13.1. The van der Waals surface area contributed by atoms with Crippen molar-refractivity contribution in [1.29, 1.82) is 0 Å². The van der Waals surface area contributed by atoms with Crippen LogP contribution in [-0.2, 0) is 6.54 Å². The lowest BCUT2D eigenvalue weighted by molar-refractivity contribution is 0.621. The highest BCUT2D eigenvalue weighted by Gasteiger charge is 2.09. The summed E-state index contributed by atoms with van der Waals surface area (Å²) < 4.78 is 15.7. The van der Waals surface area contributed by atoms with Crippen LogP contribution in [0.1, 0.15) is 25.5 Å². The number of benzene rings is 1. The van der Waals surface area contributed by atoms with Crippen LogP contribution in [0.3, 0.4) is 0 Å². The molecular formula is C13H15BrFN3. The van der Waals surface area contributed by atoms with Crippen LogP contribution < -0.4 is 5.32 Å². The zero-order valence-electron chi connectivity index (χ0n) is 10.3. The molecule has 1 atom stereocenters. The lowest BCUT2D eigenvalue weighted by atomic mass is 10.2. The Labute approximate surface area is 114 Å². The van der Waals surface area contributed by atoms with Crippen LogP contribution in [0.15, 0.2) is 35.1 Å². The third kappa shape index (κ3) is 2.90. The van der Waals surface area contributed by atoms with Gasteiger partial charge in [-0.3, -0.25) is 4.68 Å². The average molecular weight is 312 g/mol. The summed E-state index contributed by atoms with van der Waals surface area (Å²) in [5, 5.41) is 7.47. The number of aryl methyl sites for hydroxylation is 1. The predicted octanol–water partition coefficient (Wildman–Crippen LogP) is 3.98. The van der Waals surface area contributed by atoms with Crippen molar-refractivity contribution in [3.05, 3.63) is 46.4 Å². The highest BCUT2D eigenvalue weighted by molar-refractivity contribution is 9.10. The Morgan fingerprint density at radius 1 is 1.50 bits per heavy atom. The molecule has 96 valence electrons. The lowest BCUT2D eigenvalue weighted by Gasteiger charge is -2.13. The van der Waals surface area contributed by atoms with Gasteiger partial charge in [-0.2, -0.15) is 5.10 Å². The molecule has 3 nitrogen and oxygen atoms in total. The first kappa shape index (κ1) is 13.1. The SMILES string of the molecule is CCn1cc(C(C)Nc2ccc(Br)c(F)c2)cn1. The van der Waals surface area contributed by atoms with Crippen molar-refractivity contribution < 1.29 is 4.39 Å². The third-order valence-corrected chi connectivity index (χ3v) is 3.42. The van der Waals surface area contributed by atoms with E-state index in [0.717, 1.165) is 17.8 Å². The fraction of sp³-hybridized carbons (Fsp3) is 0.308. The number of hydrogen-bond donors (Lipinski definition) is 1. The molecule has 1 N–H and O–H groups in total. The van der Waals surface area contributed by atoms with E-state index in [-0.39, 0.29) is 11.9 Å². The summed E-state index contributed by atoms with van der Waals surface area (Å²) in [6.07, 6.45) is 3.82. The van der Waals surface area contributed by atoms with Gasteiger partial charge in [0.05, 0.1) is 16.7 Å². The number of aromatic nitrogens is 2. The van der Waals surface area contributed by atoms with Crippen LogP contribution in [0.4, 0.5) is 10.1 Å². The second-order valence-corrected chi connectivity index (χ2v) is 4.98. The summed E-state index contributed by atoms with van der Waals surface area (Å²) in [6.45, 7) is 4.91. The molecule has 0 bridgehead atoms. The molecule has 1 heterocycles. The lowest BCUT2D eigenvalue weighted by Crippen LogP contribution is -2.06. The van der Waals surface area contributed by atoms with E-state index in [2.05, 4.69) is 26.3 Å². The van der Waals surface area contributed by atoms with E-state index >= 15 is 0 Å². The Bertz CT molecular complexity index is 539. The highest BCUT2D eigenvalue weighted by atomic mass is 79.9. The summed E-state index contributed by atoms with van der Waals surface area (Å²) in [6, 6.07) is 5.10. The molecule has 0 aliphatic rings. The molecule has 0 radical (unpaired) electrons. The van der Waals surface area contributed by atoms with Crippen molar-refractivity contribution in [3.63, 3.8) is 0 Å². The van der Waals surface area contributed by atoms with E-state index in [1.54, 1.807) is 6.07 Å². The molecule has 18 heavy (non-hydrogen) atoms. The minimum Gasteiger partial charge on any atom is -0.378 e. The van der Waals surface area contributed by atoms with E-state index < -0.39 is 0 Å². The van der Waals surface area contributed by atoms with Gasteiger partial charge in [0.1, 0.15) is 5.82 Å². The molecule has 1 unspecified atom stereocenters. The number of rotatable bonds is 4. The molecule has 0 aliphatic carbocycles. The maximum atomic E-state index is 13.4. The number of hydrogen-bond acceptors (Lipinski definition) is 2. The molecule has 5 heteroatoms. The molecule has 1 aromatic heterocycles. The maximum absolute atomic E-state index is 13.4. The Hall–Kier alpha value is -1.36. The second kappa shape index (κ2) is 5.52. The van der Waals surface area contributed by atoms with Gasteiger partial charge in [0.2, 0.25) is 0 Å². The smallest absolute Gasteiger partial charge is 0.139 e. The highest BCUT2D eigenvalue weighted by Crippen LogP contribution is 2.23. The second-order valence-electron chi connectivity index (χ2n) is 4.12. The van der Waals surface area contributed by atoms with E-state index in [4.69, 9.17) is 0 Å². The largest absolute Gasteiger partial charge is 0.378 e. The third-order valence-electron chi connectivity index (χ3n) is 2.78. The van der Waals surface area contributed by atoms with Crippen molar-refractivity contribution in [2.75, 3.05) is 5.32 Å². The van der Waals surface area contributed by atoms with Gasteiger partial charge in [-0.1, -0.05) is 0 Å². The van der Waals surface area contributed by atoms with Crippen LogP contribution >= 0.6 is 15.9 Å². The van der Waals surface area contributed by atoms with Crippen molar-refractivity contribution in [2.45, 2.75) is 26.4 Å². The van der Waals surface area contributed by atoms with E-state index in [1.165, 1.54) is 6.07 Å². The van der Waals surface area contributed by atoms with Crippen molar-refractivity contribution in [2.24, 2.45) is 0 Å². The molecule has 0 saturated heterocycles. The van der Waals surface area contributed by atoms with Crippen LogP contribution in [-0.4, -0.2) is 9.78 Å². The molecule has 1 aromatic carbocycles. The normalized spacial score (nSPS) is 12.4. The van der Waals surface area contributed by atoms with Gasteiger partial charge in [-0.15, -0.1) is 0 Å². The van der Waals surface area contributed by atoms with E-state index in [9.17, 15) is 4.39 Å². The standard InChI is InChI=1S/C13H15BrFN3/c1-3-18-8-10(7-16-18)9(2)17-11-4-5-12(14)13(15)6-11/h4-9,17H,3H2,1-2H3. The number of nitrogens with zero attached hydrogens (tertiary/aromatic N) is 2. The monoisotopic (exact) mass is 311 g/mol. The van der Waals surface area contributed by atoms with Crippen LogP contribution in [0.25, 0.3) is 0 Å². The van der Waals surface area contributed by atoms with Gasteiger partial charge < -0.3 is 5.32 Å². The van der Waals surface area contributed by atoms with Crippen molar-refractivity contribution >= 4 is 21.6 Å². The summed E-state index contributed by atoms with van der Waals surface area (Å²) >= 11 is 3.14. The quantitative estimate of drug-likeness (QED) is 0.925. The van der Waals surface area contributed by atoms with E-state index in [0.29, 0.717) is 4.47 Å². The van der Waals surface area contributed by atoms with Gasteiger partial charge in [0.15, 0.2) is 0 Å². The first-order valence-corrected chi connectivity index (χ1v) is 6.63. The van der Waals surface area contributed by atoms with Crippen LogP contribution in [0, 0.1) is 5.82 Å². The minimum atomic E-state index is -0.267. The average Bonchev–Trinajstić information content (AvgIpc) is 2.82. The fourth-order valence-corrected chi connectivity index (χ4v) is 1.94. The Morgan fingerprint density at radius 3 is 2.89 bits per heavy atom. The Morgan fingerprint density at radius 2 is 2.28 bits per heavy atom. The van der Waals surface area contributed by atoms with Crippen LogP contribution in [0.5, 0.6) is 0 Å². The maximum Gasteiger partial charge on any atom is 0.139 e. The Balaban J connectivity index is 2.10. The van der Waals surface area contributed by atoms with Crippen molar-refractivity contribution in [3.8, 4) is 0 Å². The Kier molecular flexibility index (Phi) is 4.01. The molecule has 0 aliphatic heterocycles. The topological polar surface area (TPSA) is 29.9 Å². The summed E-state index contributed by atoms with van der Waals surface area (Å²) in [5.74, 6) is -0.267. The first-order chi connectivity index (χ1) is 8.60. The molecule has 0 spiro atoms. The van der Waals surface area contributed by atoms with Gasteiger partial charge in [-0.05, 0) is 48.0 Å². The fourth-order valence-electron chi connectivity index (χ4n) is 1.70. The number of nitrogens with one attached hydrogen (secondary N) is 1. The minimum absolute atomic E-state index is 0.0888. The van der Waals surface area contributed by atoms with Gasteiger partial charge in [-0.25, -0.2) is 4.39 Å². The zero-order valence-corrected chi connectivity index (χ0v) is 11.9. The van der Waals surface area contributed by atoms with Gasteiger partial charge in [0.25, 0.3) is 0 Å². The summed E-state index contributed by atoms with van der Waals surface area (Å²) in [4.78, 5) is 0. The van der Waals surface area contributed by atoms with E-state index in [1.807, 2.05) is 37.0 Å². The molecular weight excluding hydrogens is 297 g/mol. The predicted molar refractivity (Wildman–Crippen MR) is 74.0 cm³/mol. The van der Waals surface area contributed by atoms with Gasteiger partial charge in [0, 0.05) is 24.0 Å². The number of anilines is 1. The molecule has 0 amide bonds. The molecule has 0 saturated carbocycles. The molecule has 0 fully saturated rings. The summed E-state index contributed by atoms with van der Waals surface area (Å²) in [5.41, 5.74) is 1.84. The van der Waals surface area contributed by atoms with Gasteiger partial charge >= 0.3 is 0 Å². The van der Waals surface area contributed by atoms with Crippen LogP contribution in [0.2, 0.25) is 0 Å². The first-order valence-electron chi connectivity index (χ1n) is 5.84. The molecule has 2 rings (SSSR count). The van der Waals surface area contributed by atoms with Crippen molar-refractivity contribution in [1.82, 2.24) is 9.78 Å².